The molecule has 0 saturated heterocycles. The molecule has 0 radical (unpaired) electrons. The standard InChI is InChI=1S/C14H28N2O2/c1-11-7-5-6-8-13(11)16(4)14(18)9-15(3)12(2)10-17/h11-13,17H,5-10H2,1-4H3. The number of hydrogen-bond donors (Lipinski definition) is 1. The van der Waals surface area contributed by atoms with E-state index >= 15 is 0 Å². The minimum absolute atomic E-state index is 0.0335. The number of nitrogens with zero attached hydrogens (tertiary/aromatic N) is 2. The minimum Gasteiger partial charge on any atom is -0.395 e. The predicted octanol–water partition coefficient (Wildman–Crippen LogP) is 1.34. The molecule has 0 aliphatic heterocycles. The number of aliphatic hydroxyl groups is 1. The first kappa shape index (κ1) is 15.4. The number of hydrogen-bond acceptors (Lipinski definition) is 3. The van der Waals surface area contributed by atoms with E-state index < -0.39 is 0 Å². The highest BCUT2D eigenvalue weighted by Crippen LogP contribution is 2.27. The summed E-state index contributed by atoms with van der Waals surface area (Å²) in [6.07, 6.45) is 4.88. The monoisotopic (exact) mass is 256 g/mol. The van der Waals surface area contributed by atoms with Gasteiger partial charge in [0.15, 0.2) is 0 Å². The summed E-state index contributed by atoms with van der Waals surface area (Å²) >= 11 is 0. The fourth-order valence-corrected chi connectivity index (χ4v) is 2.68. The molecule has 18 heavy (non-hydrogen) atoms. The van der Waals surface area contributed by atoms with E-state index in [0.717, 1.165) is 6.42 Å². The Morgan fingerprint density at radius 2 is 1.94 bits per heavy atom. The van der Waals surface area contributed by atoms with Crippen LogP contribution in [0.3, 0.4) is 0 Å². The van der Waals surface area contributed by atoms with Crippen LogP contribution in [-0.4, -0.2) is 60.1 Å². The molecule has 106 valence electrons. The molecular formula is C14H28N2O2. The highest BCUT2D eigenvalue weighted by Gasteiger charge is 2.28. The Bertz CT molecular complexity index is 271. The van der Waals surface area contributed by atoms with Crippen molar-refractivity contribution < 1.29 is 9.90 Å². The fourth-order valence-electron chi connectivity index (χ4n) is 2.68. The molecule has 1 aliphatic carbocycles. The summed E-state index contributed by atoms with van der Waals surface area (Å²) in [5.74, 6) is 0.768. The molecule has 1 fully saturated rings. The topological polar surface area (TPSA) is 43.8 Å². The maximum absolute atomic E-state index is 12.2. The van der Waals surface area contributed by atoms with Gasteiger partial charge in [0.05, 0.1) is 13.2 Å². The van der Waals surface area contributed by atoms with Gasteiger partial charge in [0.1, 0.15) is 0 Å². The summed E-state index contributed by atoms with van der Waals surface area (Å²) in [5.41, 5.74) is 0. The minimum atomic E-state index is 0.0335. The third kappa shape index (κ3) is 3.95. The molecule has 1 aliphatic rings. The highest BCUT2D eigenvalue weighted by molar-refractivity contribution is 5.78. The van der Waals surface area contributed by atoms with Crippen molar-refractivity contribution in [3.63, 3.8) is 0 Å². The Hall–Kier alpha value is -0.610. The second kappa shape index (κ2) is 7.10. The molecular weight excluding hydrogens is 228 g/mol. The summed E-state index contributed by atoms with van der Waals surface area (Å²) in [4.78, 5) is 16.1. The van der Waals surface area contributed by atoms with E-state index in [1.165, 1.54) is 19.3 Å². The Kier molecular flexibility index (Phi) is 6.09. The number of rotatable bonds is 5. The van der Waals surface area contributed by atoms with Gasteiger partial charge in [0, 0.05) is 19.1 Å². The predicted molar refractivity (Wildman–Crippen MR) is 73.4 cm³/mol. The lowest BCUT2D eigenvalue weighted by Crippen LogP contribution is -2.48. The van der Waals surface area contributed by atoms with Gasteiger partial charge in [-0.2, -0.15) is 0 Å². The Morgan fingerprint density at radius 1 is 1.33 bits per heavy atom. The second-order valence-corrected chi connectivity index (χ2v) is 5.78. The van der Waals surface area contributed by atoms with Crippen LogP contribution < -0.4 is 0 Å². The van der Waals surface area contributed by atoms with Crippen molar-refractivity contribution in [1.29, 1.82) is 0 Å². The molecule has 3 unspecified atom stereocenters. The molecule has 3 atom stereocenters. The number of amides is 1. The van der Waals surface area contributed by atoms with Crippen LogP contribution in [0.25, 0.3) is 0 Å². The number of aliphatic hydroxyl groups excluding tert-OH is 1. The van der Waals surface area contributed by atoms with Gasteiger partial charge in [0.25, 0.3) is 0 Å². The molecule has 0 spiro atoms. The van der Waals surface area contributed by atoms with Gasteiger partial charge in [0.2, 0.25) is 5.91 Å². The van der Waals surface area contributed by atoms with E-state index in [1.807, 2.05) is 30.8 Å². The van der Waals surface area contributed by atoms with E-state index in [4.69, 9.17) is 5.11 Å². The molecule has 0 aromatic heterocycles. The van der Waals surface area contributed by atoms with Crippen molar-refractivity contribution in [2.24, 2.45) is 5.92 Å². The Balaban J connectivity index is 2.49. The van der Waals surface area contributed by atoms with Gasteiger partial charge in [-0.1, -0.05) is 19.8 Å². The van der Waals surface area contributed by atoms with Crippen molar-refractivity contribution in [3.05, 3.63) is 0 Å². The number of carbonyl (C=O) groups excluding carboxylic acids is 1. The average molecular weight is 256 g/mol. The first-order chi connectivity index (χ1) is 8.47. The lowest BCUT2D eigenvalue weighted by Gasteiger charge is -2.37. The first-order valence-corrected chi connectivity index (χ1v) is 7.04. The fraction of sp³-hybridized carbons (Fsp3) is 0.929. The molecule has 0 heterocycles. The van der Waals surface area contributed by atoms with E-state index in [9.17, 15) is 4.79 Å². The lowest BCUT2D eigenvalue weighted by molar-refractivity contribution is -0.135. The zero-order valence-corrected chi connectivity index (χ0v) is 12.2. The van der Waals surface area contributed by atoms with Gasteiger partial charge in [-0.3, -0.25) is 9.69 Å². The smallest absolute Gasteiger partial charge is 0.236 e. The van der Waals surface area contributed by atoms with E-state index in [0.29, 0.717) is 18.5 Å². The van der Waals surface area contributed by atoms with Crippen molar-refractivity contribution in [2.45, 2.75) is 51.6 Å². The van der Waals surface area contributed by atoms with Crippen molar-refractivity contribution >= 4 is 5.91 Å². The summed E-state index contributed by atoms with van der Waals surface area (Å²) < 4.78 is 0. The second-order valence-electron chi connectivity index (χ2n) is 5.78. The van der Waals surface area contributed by atoms with E-state index in [2.05, 4.69) is 6.92 Å². The molecule has 1 saturated carbocycles. The quantitative estimate of drug-likeness (QED) is 0.807. The maximum atomic E-state index is 12.2. The molecule has 4 nitrogen and oxygen atoms in total. The number of carbonyl (C=O) groups is 1. The van der Waals surface area contributed by atoms with E-state index in [-0.39, 0.29) is 18.6 Å². The van der Waals surface area contributed by atoms with Crippen molar-refractivity contribution in [3.8, 4) is 0 Å². The van der Waals surface area contributed by atoms with Crippen molar-refractivity contribution in [1.82, 2.24) is 9.80 Å². The Labute approximate surface area is 111 Å². The summed E-state index contributed by atoms with van der Waals surface area (Å²) in [6.45, 7) is 4.65. The summed E-state index contributed by atoms with van der Waals surface area (Å²) in [7, 11) is 3.81. The normalized spacial score (nSPS) is 26.1. The number of likely N-dealkylation sites (N-methyl/N-ethyl adjacent to an activating group) is 2. The van der Waals surface area contributed by atoms with Gasteiger partial charge < -0.3 is 10.0 Å². The van der Waals surface area contributed by atoms with Crippen molar-refractivity contribution in [2.75, 3.05) is 27.2 Å². The summed E-state index contributed by atoms with van der Waals surface area (Å²) in [6, 6.07) is 0.426. The third-order valence-corrected chi connectivity index (χ3v) is 4.36. The van der Waals surface area contributed by atoms with Gasteiger partial charge >= 0.3 is 0 Å². The largest absolute Gasteiger partial charge is 0.395 e. The SMILES string of the molecule is CC1CCCCC1N(C)C(=O)CN(C)C(C)CO. The van der Waals surface area contributed by atoms with Gasteiger partial charge in [-0.15, -0.1) is 0 Å². The van der Waals surface area contributed by atoms with Crippen LogP contribution in [0.5, 0.6) is 0 Å². The van der Waals surface area contributed by atoms with Gasteiger partial charge in [-0.25, -0.2) is 0 Å². The van der Waals surface area contributed by atoms with Crippen LogP contribution in [-0.2, 0) is 4.79 Å². The molecule has 0 bridgehead atoms. The molecule has 0 aromatic rings. The summed E-state index contributed by atoms with van der Waals surface area (Å²) in [5, 5.41) is 9.08. The van der Waals surface area contributed by atoms with E-state index in [1.54, 1.807) is 0 Å². The van der Waals surface area contributed by atoms with Crippen LogP contribution in [0.1, 0.15) is 39.5 Å². The zero-order valence-electron chi connectivity index (χ0n) is 12.2. The lowest BCUT2D eigenvalue weighted by atomic mass is 9.85. The highest BCUT2D eigenvalue weighted by atomic mass is 16.3. The molecule has 1 rings (SSSR count). The molecule has 1 amide bonds. The molecule has 4 heteroatoms. The maximum Gasteiger partial charge on any atom is 0.236 e. The third-order valence-electron chi connectivity index (χ3n) is 4.36. The van der Waals surface area contributed by atoms with Crippen LogP contribution in [0.2, 0.25) is 0 Å². The van der Waals surface area contributed by atoms with Crippen LogP contribution >= 0.6 is 0 Å². The average Bonchev–Trinajstić information content (AvgIpc) is 2.37. The van der Waals surface area contributed by atoms with Crippen LogP contribution in [0.4, 0.5) is 0 Å². The Morgan fingerprint density at radius 3 is 2.50 bits per heavy atom. The van der Waals surface area contributed by atoms with Crippen LogP contribution in [0, 0.1) is 5.92 Å². The molecule has 1 N–H and O–H groups in total. The van der Waals surface area contributed by atoms with Crippen LogP contribution in [0.15, 0.2) is 0 Å². The molecule has 0 aromatic carbocycles. The zero-order chi connectivity index (χ0) is 13.7. The first-order valence-electron chi connectivity index (χ1n) is 7.04. The van der Waals surface area contributed by atoms with Gasteiger partial charge in [-0.05, 0) is 32.7 Å².